The quantitative estimate of drug-likeness (QED) is 0.160. The first-order chi connectivity index (χ1) is 20.4. The second-order valence-electron chi connectivity index (χ2n) is 13.2. The fourth-order valence-electron chi connectivity index (χ4n) is 6.50. The number of allylic oxidation sites excluding steroid dienone is 8. The summed E-state index contributed by atoms with van der Waals surface area (Å²) in [6.07, 6.45) is 17.3. The van der Waals surface area contributed by atoms with E-state index in [2.05, 4.69) is 24.5 Å². The van der Waals surface area contributed by atoms with Gasteiger partial charge in [0, 0.05) is 0 Å². The van der Waals surface area contributed by atoms with Crippen LogP contribution in [0.3, 0.4) is 0 Å². The molecule has 2 aromatic rings. The van der Waals surface area contributed by atoms with Gasteiger partial charge in [0.15, 0.2) is 0 Å². The second kappa shape index (κ2) is 13.6. The Kier molecular flexibility index (Phi) is 10.5. The molecular weight excluding hydrogens is 584 g/mol. The van der Waals surface area contributed by atoms with Crippen LogP contribution in [-0.4, -0.2) is 11.1 Å². The molecule has 2 aromatic carbocycles. The number of halogens is 4. The zero-order valence-corrected chi connectivity index (χ0v) is 28.0. The van der Waals surface area contributed by atoms with E-state index in [9.17, 15) is 0 Å². The van der Waals surface area contributed by atoms with Crippen molar-refractivity contribution in [2.24, 2.45) is 0 Å². The van der Waals surface area contributed by atoms with Crippen molar-refractivity contribution in [2.75, 3.05) is 10.6 Å². The third-order valence-electron chi connectivity index (χ3n) is 8.69. The van der Waals surface area contributed by atoms with Gasteiger partial charge in [-0.25, -0.2) is 0 Å². The molecule has 2 N–H and O–H groups in total. The Labute approximate surface area is 258 Å². The minimum atomic E-state index is -4.89. The number of hydrogen-bond acceptors (Lipinski definition) is 2. The van der Waals surface area contributed by atoms with Crippen LogP contribution in [-0.2, 0) is 16.6 Å². The first-order valence-corrected chi connectivity index (χ1v) is 18.8. The predicted octanol–water partition coefficient (Wildman–Crippen LogP) is 9.80. The van der Waals surface area contributed by atoms with Crippen LogP contribution in [0.4, 0.5) is 28.9 Å². The van der Waals surface area contributed by atoms with Crippen molar-refractivity contribution in [3.8, 4) is 0 Å². The maximum absolute atomic E-state index is 17.0. The average molecular weight is 631 g/mol. The average Bonchev–Trinajstić information content (AvgIpc) is 3.69. The van der Waals surface area contributed by atoms with Crippen LogP contribution in [0.1, 0.15) is 92.9 Å². The standard InChI is InChI=1S/2C13H18F2N.2C5H5.Ti/c2*1-4-5-8-13(2,3)16-12-7-6-10(14)9-11(12)15;2*1-2-4-5-3-1;/h2*6-7,16H,4-5,8H2,1-3H3;2*1-3H,4H2;. The summed E-state index contributed by atoms with van der Waals surface area (Å²) >= 11 is -4.89. The van der Waals surface area contributed by atoms with E-state index in [0.29, 0.717) is 20.6 Å². The van der Waals surface area contributed by atoms with E-state index < -0.39 is 50.9 Å². The van der Waals surface area contributed by atoms with Gasteiger partial charge in [-0.1, -0.05) is 0 Å². The van der Waals surface area contributed by atoms with Crippen molar-refractivity contribution >= 4 is 19.1 Å². The number of nitrogens with one attached hydrogen (secondary N) is 2. The summed E-state index contributed by atoms with van der Waals surface area (Å²) < 4.78 is 67.8. The van der Waals surface area contributed by atoms with Crippen LogP contribution < -0.4 is 18.4 Å². The molecule has 2 aliphatic rings. The summed E-state index contributed by atoms with van der Waals surface area (Å²) in [4.78, 5) is 0. The second-order valence-corrected chi connectivity index (χ2v) is 19.1. The van der Waals surface area contributed by atoms with Gasteiger partial charge in [0.2, 0.25) is 0 Å². The first-order valence-electron chi connectivity index (χ1n) is 15.6. The van der Waals surface area contributed by atoms with Crippen molar-refractivity contribution in [3.63, 3.8) is 0 Å². The van der Waals surface area contributed by atoms with Crippen molar-refractivity contribution in [1.82, 2.24) is 0 Å². The van der Waals surface area contributed by atoms with Crippen molar-refractivity contribution in [2.45, 2.75) is 104 Å². The molecule has 0 aromatic heterocycles. The molecule has 0 spiro atoms. The van der Waals surface area contributed by atoms with Gasteiger partial charge >= 0.3 is 260 Å². The van der Waals surface area contributed by atoms with Gasteiger partial charge in [-0.05, 0) is 0 Å². The van der Waals surface area contributed by atoms with Gasteiger partial charge in [-0.3, -0.25) is 0 Å². The Morgan fingerprint density at radius 1 is 0.651 bits per heavy atom. The first kappa shape index (κ1) is 33.3. The third kappa shape index (κ3) is 6.91. The number of anilines is 2. The monoisotopic (exact) mass is 630 g/mol. The molecule has 0 aliphatic heterocycles. The van der Waals surface area contributed by atoms with E-state index >= 15 is 17.6 Å². The molecule has 0 amide bonds. The van der Waals surface area contributed by atoms with Gasteiger partial charge in [-0.2, -0.15) is 0 Å². The molecule has 0 radical (unpaired) electrons. The van der Waals surface area contributed by atoms with E-state index in [-0.39, 0.29) is 19.1 Å². The van der Waals surface area contributed by atoms with Crippen molar-refractivity contribution < 1.29 is 34.2 Å². The summed E-state index contributed by atoms with van der Waals surface area (Å²) in [5.41, 5.74) is -0.620. The number of unbranched alkanes of at least 4 members (excludes halogenated alkanes) is 2. The molecule has 0 fully saturated rings. The third-order valence-corrected chi connectivity index (χ3v) is 16.6. The molecule has 0 heterocycles. The van der Waals surface area contributed by atoms with Crippen LogP contribution in [0.15, 0.2) is 68.5 Å². The maximum atomic E-state index is 17.0. The predicted molar refractivity (Wildman–Crippen MR) is 170 cm³/mol. The number of rotatable bonds is 14. The Morgan fingerprint density at radius 2 is 1.05 bits per heavy atom. The zero-order chi connectivity index (χ0) is 31.4. The molecule has 43 heavy (non-hydrogen) atoms. The molecule has 2 nitrogen and oxygen atoms in total. The van der Waals surface area contributed by atoms with Crippen LogP contribution in [0, 0.1) is 23.3 Å². The van der Waals surface area contributed by atoms with E-state index in [1.807, 2.05) is 64.2 Å². The minimum absolute atomic E-state index is 0.154. The summed E-state index contributed by atoms with van der Waals surface area (Å²) in [6, 6.07) is 5.35. The SMILES string of the molecule is CCCCC(C)(C)Nc1ccc(F)[c]([Ti]([C]2=CC=CC2)([C]2=CC=CC2)[c]2c(F)ccc(NC(C)(C)CCCC)c2F)c1F. The fraction of sp³-hybridized carbons (Fsp3) is 0.444. The summed E-state index contributed by atoms with van der Waals surface area (Å²) in [7, 11) is 0. The molecule has 0 saturated heterocycles. The molecule has 7 heteroatoms. The van der Waals surface area contributed by atoms with Crippen LogP contribution in [0.5, 0.6) is 0 Å². The molecular formula is C36H46F4N2Ti. The van der Waals surface area contributed by atoms with Crippen LogP contribution in [0.25, 0.3) is 0 Å². The Morgan fingerprint density at radius 3 is 1.37 bits per heavy atom. The number of hydrogen-bond donors (Lipinski definition) is 2. The molecule has 0 atom stereocenters. The van der Waals surface area contributed by atoms with Gasteiger partial charge < -0.3 is 0 Å². The Hall–Kier alpha value is -2.57. The Bertz CT molecular complexity index is 1340. The summed E-state index contributed by atoms with van der Waals surface area (Å²) in [5.74, 6) is -3.05. The molecule has 4 rings (SSSR count). The summed E-state index contributed by atoms with van der Waals surface area (Å²) in [6.45, 7) is 12.1. The molecule has 0 bridgehead atoms. The van der Waals surface area contributed by atoms with Gasteiger partial charge in [0.1, 0.15) is 0 Å². The Balaban J connectivity index is 2.02. The molecule has 2 aliphatic carbocycles. The van der Waals surface area contributed by atoms with Gasteiger partial charge in [0.05, 0.1) is 0 Å². The van der Waals surface area contributed by atoms with Crippen molar-refractivity contribution in [3.05, 3.63) is 91.7 Å². The van der Waals surface area contributed by atoms with E-state index in [1.54, 1.807) is 0 Å². The van der Waals surface area contributed by atoms with Crippen LogP contribution in [0.2, 0.25) is 0 Å². The zero-order valence-electron chi connectivity index (χ0n) is 26.4. The fourth-order valence-corrected chi connectivity index (χ4v) is 14.8. The molecule has 0 saturated carbocycles. The van der Waals surface area contributed by atoms with Crippen molar-refractivity contribution in [1.29, 1.82) is 0 Å². The van der Waals surface area contributed by atoms with Crippen LogP contribution >= 0.6 is 0 Å². The number of benzene rings is 2. The van der Waals surface area contributed by atoms with Gasteiger partial charge in [-0.15, -0.1) is 0 Å². The van der Waals surface area contributed by atoms with Gasteiger partial charge in [0.25, 0.3) is 0 Å². The van der Waals surface area contributed by atoms with E-state index in [4.69, 9.17) is 0 Å². The summed E-state index contributed by atoms with van der Waals surface area (Å²) in [5, 5.41) is 6.61. The topological polar surface area (TPSA) is 24.1 Å². The van der Waals surface area contributed by atoms with E-state index in [1.165, 1.54) is 24.3 Å². The molecule has 0 unspecified atom stereocenters. The normalized spacial score (nSPS) is 15.2. The van der Waals surface area contributed by atoms with E-state index in [0.717, 1.165) is 38.5 Å². The molecule has 232 valence electrons.